The van der Waals surface area contributed by atoms with E-state index < -0.39 is 0 Å². The van der Waals surface area contributed by atoms with E-state index in [1.165, 1.54) is 30.4 Å². The number of halogens is 1. The van der Waals surface area contributed by atoms with Gasteiger partial charge in [0.05, 0.1) is 10.5 Å². The number of ketones is 1. The molecule has 3 aliphatic rings. The summed E-state index contributed by atoms with van der Waals surface area (Å²) in [6.07, 6.45) is 10.0. The molecule has 2 atom stereocenters. The van der Waals surface area contributed by atoms with Crippen LogP contribution >= 0.6 is 11.6 Å². The van der Waals surface area contributed by atoms with E-state index in [0.29, 0.717) is 40.5 Å². The monoisotopic (exact) mass is 577 g/mol. The van der Waals surface area contributed by atoms with Gasteiger partial charge in [-0.3, -0.25) is 19.5 Å². The molecule has 2 aliphatic heterocycles. The molecular weight excluding hydrogens is 542 g/mol. The predicted octanol–water partition coefficient (Wildman–Crippen LogP) is 7.88. The fraction of sp³-hybridized carbons (Fsp3) is 0.361. The fourth-order valence-electron chi connectivity index (χ4n) is 7.59. The van der Waals surface area contributed by atoms with Crippen LogP contribution in [0.3, 0.4) is 0 Å². The van der Waals surface area contributed by atoms with E-state index in [2.05, 4.69) is 27.3 Å². The second kappa shape index (κ2) is 11.6. The van der Waals surface area contributed by atoms with E-state index >= 15 is 0 Å². The number of carbonyl (C=O) groups excluding carboxylic acids is 2. The van der Waals surface area contributed by atoms with E-state index in [-0.39, 0.29) is 17.7 Å². The van der Waals surface area contributed by atoms with Crippen LogP contribution in [0.2, 0.25) is 5.02 Å². The van der Waals surface area contributed by atoms with E-state index in [1.807, 2.05) is 48.5 Å². The standard InChI is InChI=1S/C36H36ClN3O2/c37-31-15-14-29(28-7-4-19-38-35(28)31)36(42)39-26-11-8-23(9-12-26)18-20-40-32-16-17-33(40)30-22-25(10-13-27(30)32)34(41)21-24-5-2-1-3-6-24/h1-7,10,13-15,19,22-23,26,32-33H,8-9,11-12,16-18,20-21H2,(H,39,42)/t23-,26-,32-,33+/m0/s1. The van der Waals surface area contributed by atoms with Gasteiger partial charge in [0.15, 0.2) is 5.78 Å². The Hall–Kier alpha value is -3.54. The molecule has 0 spiro atoms. The number of fused-ring (bicyclic) bond motifs is 6. The summed E-state index contributed by atoms with van der Waals surface area (Å²) in [5.74, 6) is 0.842. The number of nitrogens with one attached hydrogen (secondary N) is 1. The van der Waals surface area contributed by atoms with Gasteiger partial charge in [-0.05, 0) is 98.4 Å². The van der Waals surface area contributed by atoms with Crippen LogP contribution in [0.15, 0.2) is 79.0 Å². The average molecular weight is 578 g/mol. The van der Waals surface area contributed by atoms with Crippen molar-refractivity contribution in [1.29, 1.82) is 0 Å². The smallest absolute Gasteiger partial charge is 0.252 e. The molecule has 3 heterocycles. The van der Waals surface area contributed by atoms with Gasteiger partial charge in [0.1, 0.15) is 0 Å². The first-order valence-electron chi connectivity index (χ1n) is 15.4. The van der Waals surface area contributed by atoms with E-state index in [1.54, 1.807) is 18.3 Å². The maximum atomic E-state index is 13.2. The predicted molar refractivity (Wildman–Crippen MR) is 167 cm³/mol. The summed E-state index contributed by atoms with van der Waals surface area (Å²) in [6.45, 7) is 1.10. The maximum absolute atomic E-state index is 13.2. The Labute approximate surface area is 252 Å². The third kappa shape index (κ3) is 5.25. The Bertz CT molecular complexity index is 1630. The number of aromatic nitrogens is 1. The van der Waals surface area contributed by atoms with Crippen molar-refractivity contribution >= 4 is 34.2 Å². The average Bonchev–Trinajstić information content (AvgIpc) is 3.57. The number of rotatable bonds is 8. The van der Waals surface area contributed by atoms with Crippen LogP contribution in [-0.2, 0) is 6.42 Å². The van der Waals surface area contributed by atoms with Crippen molar-refractivity contribution in [3.8, 4) is 0 Å². The quantitative estimate of drug-likeness (QED) is 0.216. The number of amides is 1. The molecule has 214 valence electrons. The lowest BCUT2D eigenvalue weighted by Crippen LogP contribution is -2.38. The summed E-state index contributed by atoms with van der Waals surface area (Å²) in [5, 5.41) is 4.64. The van der Waals surface area contributed by atoms with Crippen molar-refractivity contribution < 1.29 is 9.59 Å². The van der Waals surface area contributed by atoms with Crippen LogP contribution in [0.4, 0.5) is 0 Å². The zero-order chi connectivity index (χ0) is 28.6. The van der Waals surface area contributed by atoms with Crippen LogP contribution in [0.1, 0.15) is 94.4 Å². The van der Waals surface area contributed by atoms with Gasteiger partial charge in [0.25, 0.3) is 5.91 Å². The zero-order valence-corrected chi connectivity index (χ0v) is 24.5. The Balaban J connectivity index is 0.928. The lowest BCUT2D eigenvalue weighted by atomic mass is 9.84. The Kier molecular flexibility index (Phi) is 7.55. The minimum Gasteiger partial charge on any atom is -0.349 e. The topological polar surface area (TPSA) is 62.3 Å². The molecule has 1 saturated heterocycles. The minimum absolute atomic E-state index is 0.0406. The van der Waals surface area contributed by atoms with Crippen molar-refractivity contribution in [3.63, 3.8) is 0 Å². The fourth-order valence-corrected chi connectivity index (χ4v) is 7.81. The second-order valence-electron chi connectivity index (χ2n) is 12.3. The lowest BCUT2D eigenvalue weighted by molar-refractivity contribution is 0.0919. The summed E-state index contributed by atoms with van der Waals surface area (Å²) >= 11 is 6.30. The van der Waals surface area contributed by atoms with Crippen molar-refractivity contribution in [3.05, 3.63) is 112 Å². The maximum Gasteiger partial charge on any atom is 0.252 e. The molecule has 2 bridgehead atoms. The highest BCUT2D eigenvalue weighted by Crippen LogP contribution is 2.53. The first kappa shape index (κ1) is 27.3. The van der Waals surface area contributed by atoms with Gasteiger partial charge in [-0.1, -0.05) is 60.1 Å². The first-order chi connectivity index (χ1) is 20.5. The molecule has 1 aromatic heterocycles. The van der Waals surface area contributed by atoms with Gasteiger partial charge < -0.3 is 5.32 Å². The first-order valence-corrected chi connectivity index (χ1v) is 15.7. The van der Waals surface area contributed by atoms with Gasteiger partial charge in [0, 0.05) is 47.3 Å². The van der Waals surface area contributed by atoms with Crippen molar-refractivity contribution in [2.75, 3.05) is 6.54 Å². The Morgan fingerprint density at radius 3 is 2.45 bits per heavy atom. The molecule has 1 aliphatic carbocycles. The van der Waals surface area contributed by atoms with Crippen LogP contribution in [0, 0.1) is 5.92 Å². The molecule has 5 nitrogen and oxygen atoms in total. The lowest BCUT2D eigenvalue weighted by Gasteiger charge is -2.31. The summed E-state index contributed by atoms with van der Waals surface area (Å²) in [4.78, 5) is 33.2. The Morgan fingerprint density at radius 2 is 1.64 bits per heavy atom. The number of pyridine rings is 1. The molecule has 3 aromatic carbocycles. The molecule has 1 N–H and O–H groups in total. The van der Waals surface area contributed by atoms with Gasteiger partial charge in [-0.25, -0.2) is 0 Å². The van der Waals surface area contributed by atoms with Crippen LogP contribution in [-0.4, -0.2) is 34.2 Å². The molecule has 2 fully saturated rings. The summed E-state index contributed by atoms with van der Waals surface area (Å²) in [7, 11) is 0. The number of nitrogens with zero attached hydrogens (tertiary/aromatic N) is 2. The van der Waals surface area contributed by atoms with E-state index in [9.17, 15) is 9.59 Å². The van der Waals surface area contributed by atoms with Crippen molar-refractivity contribution in [2.45, 2.75) is 69.5 Å². The number of hydrogen-bond donors (Lipinski definition) is 1. The summed E-state index contributed by atoms with van der Waals surface area (Å²) < 4.78 is 0. The van der Waals surface area contributed by atoms with Gasteiger partial charge >= 0.3 is 0 Å². The van der Waals surface area contributed by atoms with Crippen molar-refractivity contribution in [1.82, 2.24) is 15.2 Å². The number of hydrogen-bond acceptors (Lipinski definition) is 4. The molecular formula is C36H36ClN3O2. The highest BCUT2D eigenvalue weighted by molar-refractivity contribution is 6.35. The Morgan fingerprint density at radius 1 is 0.857 bits per heavy atom. The molecule has 0 unspecified atom stereocenters. The van der Waals surface area contributed by atoms with Crippen LogP contribution in [0.5, 0.6) is 0 Å². The molecule has 6 heteroatoms. The molecule has 1 amide bonds. The SMILES string of the molecule is O=C(Cc1ccccc1)c1ccc2c(c1)[C@H]1CC[C@@H]2N1CC[C@H]1CC[C@H](NC(=O)c2ccc(Cl)c3ncccc23)CC1. The van der Waals surface area contributed by atoms with Crippen LogP contribution in [0.25, 0.3) is 10.9 Å². The third-order valence-corrected chi connectivity index (χ3v) is 10.1. The second-order valence-corrected chi connectivity index (χ2v) is 12.7. The number of carbonyl (C=O) groups is 2. The largest absolute Gasteiger partial charge is 0.349 e. The van der Waals surface area contributed by atoms with E-state index in [0.717, 1.165) is 48.7 Å². The highest BCUT2D eigenvalue weighted by atomic mass is 35.5. The van der Waals surface area contributed by atoms with Gasteiger partial charge in [0.2, 0.25) is 0 Å². The molecule has 7 rings (SSSR count). The summed E-state index contributed by atoms with van der Waals surface area (Å²) in [6, 6.07) is 24.9. The normalized spacial score (nSPS) is 23.2. The number of Topliss-reactive ketones (excluding diaryl/α,β-unsaturated/α-hetero) is 1. The zero-order valence-electron chi connectivity index (χ0n) is 23.8. The third-order valence-electron chi connectivity index (χ3n) is 9.79. The minimum atomic E-state index is -0.0406. The molecule has 4 aromatic rings. The summed E-state index contributed by atoms with van der Waals surface area (Å²) in [5.41, 5.74) is 6.02. The molecule has 0 radical (unpaired) electrons. The molecule has 42 heavy (non-hydrogen) atoms. The van der Waals surface area contributed by atoms with Gasteiger partial charge in [-0.2, -0.15) is 0 Å². The van der Waals surface area contributed by atoms with Crippen molar-refractivity contribution in [2.24, 2.45) is 5.92 Å². The molecule has 1 saturated carbocycles. The van der Waals surface area contributed by atoms with Crippen LogP contribution < -0.4 is 5.32 Å². The van der Waals surface area contributed by atoms with Gasteiger partial charge in [-0.15, -0.1) is 0 Å². The highest BCUT2D eigenvalue weighted by Gasteiger charge is 2.43. The number of benzene rings is 3. The van der Waals surface area contributed by atoms with E-state index in [4.69, 9.17) is 11.6 Å².